The Morgan fingerprint density at radius 2 is 2.07 bits per heavy atom. The van der Waals surface area contributed by atoms with E-state index >= 15 is 0 Å². The van der Waals surface area contributed by atoms with Crippen LogP contribution in [0.2, 0.25) is 0 Å². The van der Waals surface area contributed by atoms with E-state index in [1.807, 2.05) is 11.8 Å². The van der Waals surface area contributed by atoms with Crippen LogP contribution in [-0.4, -0.2) is 43.1 Å². The fourth-order valence-electron chi connectivity index (χ4n) is 1.95. The summed E-state index contributed by atoms with van der Waals surface area (Å²) in [6.45, 7) is 6.65. The molecule has 0 saturated heterocycles. The first-order valence-electron chi connectivity index (χ1n) is 6.04. The second-order valence-electron chi connectivity index (χ2n) is 4.49. The van der Waals surface area contributed by atoms with Gasteiger partial charge in [-0.3, -0.25) is 0 Å². The van der Waals surface area contributed by atoms with Crippen LogP contribution in [0.5, 0.6) is 0 Å². The van der Waals surface area contributed by atoms with Gasteiger partial charge in [0.2, 0.25) is 0 Å². The summed E-state index contributed by atoms with van der Waals surface area (Å²) in [6.07, 6.45) is 5.86. The lowest BCUT2D eigenvalue weighted by Gasteiger charge is -2.29. The van der Waals surface area contributed by atoms with Crippen LogP contribution >= 0.6 is 11.8 Å². The molecule has 3 heteroatoms. The van der Waals surface area contributed by atoms with Crippen molar-refractivity contribution in [1.29, 1.82) is 0 Å². The van der Waals surface area contributed by atoms with Gasteiger partial charge in [0.05, 0.1) is 0 Å². The van der Waals surface area contributed by atoms with E-state index in [1.165, 1.54) is 25.1 Å². The molecule has 2 nitrogen and oxygen atoms in total. The Morgan fingerprint density at radius 3 is 2.53 bits per heavy atom. The molecule has 0 aromatic heterocycles. The van der Waals surface area contributed by atoms with Crippen LogP contribution < -0.4 is 5.73 Å². The normalized spacial score (nSPS) is 15.6. The molecule has 2 atom stereocenters. The van der Waals surface area contributed by atoms with E-state index in [4.69, 9.17) is 5.73 Å². The van der Waals surface area contributed by atoms with Gasteiger partial charge in [-0.25, -0.2) is 0 Å². The summed E-state index contributed by atoms with van der Waals surface area (Å²) in [4.78, 5) is 2.51. The minimum absolute atomic E-state index is 0.736. The van der Waals surface area contributed by atoms with Gasteiger partial charge in [0.1, 0.15) is 0 Å². The molecule has 0 spiro atoms. The van der Waals surface area contributed by atoms with E-state index in [1.54, 1.807) is 0 Å². The molecular formula is C12H28N2S. The van der Waals surface area contributed by atoms with Gasteiger partial charge < -0.3 is 10.6 Å². The van der Waals surface area contributed by atoms with Gasteiger partial charge >= 0.3 is 0 Å². The average molecular weight is 232 g/mol. The topological polar surface area (TPSA) is 29.3 Å². The lowest BCUT2D eigenvalue weighted by atomic mass is 10.0. The molecule has 0 fully saturated rings. The average Bonchev–Trinajstić information content (AvgIpc) is 2.22. The number of nitrogens with two attached hydrogens (primary N) is 1. The minimum atomic E-state index is 0.736. The van der Waals surface area contributed by atoms with Gasteiger partial charge in [-0.2, -0.15) is 11.8 Å². The van der Waals surface area contributed by atoms with Gasteiger partial charge in [0.25, 0.3) is 0 Å². The van der Waals surface area contributed by atoms with E-state index in [2.05, 4.69) is 32.1 Å². The lowest BCUT2D eigenvalue weighted by molar-refractivity contribution is 0.217. The molecule has 2 unspecified atom stereocenters. The highest BCUT2D eigenvalue weighted by atomic mass is 32.2. The number of hydrogen-bond acceptors (Lipinski definition) is 3. The summed E-state index contributed by atoms with van der Waals surface area (Å²) in [7, 11) is 2.25. The van der Waals surface area contributed by atoms with Crippen LogP contribution in [0.3, 0.4) is 0 Å². The summed E-state index contributed by atoms with van der Waals surface area (Å²) in [6, 6.07) is 0.736. The van der Waals surface area contributed by atoms with Gasteiger partial charge in [-0.1, -0.05) is 13.8 Å². The maximum Gasteiger partial charge on any atom is 0.0180 e. The predicted octanol–water partition coefficient (Wildman–Crippen LogP) is 2.43. The Bertz CT molecular complexity index is 142. The van der Waals surface area contributed by atoms with Crippen molar-refractivity contribution in [2.75, 3.05) is 32.1 Å². The van der Waals surface area contributed by atoms with Crippen molar-refractivity contribution in [3.8, 4) is 0 Å². The standard InChI is InChI=1S/C12H28N2S/c1-5-12(10-15-4)14(3)9-11(2)7-6-8-13/h11-12H,5-10,13H2,1-4H3. The zero-order chi connectivity index (χ0) is 11.7. The van der Waals surface area contributed by atoms with Crippen molar-refractivity contribution >= 4 is 11.8 Å². The monoisotopic (exact) mass is 232 g/mol. The van der Waals surface area contributed by atoms with E-state index in [0.29, 0.717) is 0 Å². The second-order valence-corrected chi connectivity index (χ2v) is 5.40. The van der Waals surface area contributed by atoms with E-state index in [-0.39, 0.29) is 0 Å². The summed E-state index contributed by atoms with van der Waals surface area (Å²) in [5, 5.41) is 0. The zero-order valence-corrected chi connectivity index (χ0v) is 11.6. The molecule has 0 aromatic rings. The maximum atomic E-state index is 5.52. The molecular weight excluding hydrogens is 204 g/mol. The predicted molar refractivity (Wildman–Crippen MR) is 72.5 cm³/mol. The highest BCUT2D eigenvalue weighted by Gasteiger charge is 2.14. The number of nitrogens with zero attached hydrogens (tertiary/aromatic N) is 1. The first-order valence-corrected chi connectivity index (χ1v) is 7.44. The molecule has 0 aromatic carbocycles. The Kier molecular flexibility index (Phi) is 9.66. The van der Waals surface area contributed by atoms with Crippen molar-refractivity contribution in [2.24, 2.45) is 11.7 Å². The highest BCUT2D eigenvalue weighted by Crippen LogP contribution is 2.13. The second kappa shape index (κ2) is 9.49. The molecule has 15 heavy (non-hydrogen) atoms. The van der Waals surface area contributed by atoms with Crippen LogP contribution in [0.1, 0.15) is 33.1 Å². The molecule has 2 N–H and O–H groups in total. The number of rotatable bonds is 9. The molecule has 92 valence electrons. The Hall–Kier alpha value is 0.270. The molecule has 0 heterocycles. The third-order valence-electron chi connectivity index (χ3n) is 2.95. The quantitative estimate of drug-likeness (QED) is 0.662. The van der Waals surface area contributed by atoms with Crippen molar-refractivity contribution < 1.29 is 0 Å². The van der Waals surface area contributed by atoms with Crippen LogP contribution in [0.25, 0.3) is 0 Å². The summed E-state index contributed by atoms with van der Waals surface area (Å²) in [5.41, 5.74) is 5.52. The Labute approximate surface area is 100.0 Å². The van der Waals surface area contributed by atoms with E-state index in [9.17, 15) is 0 Å². The molecule has 0 aliphatic heterocycles. The smallest absolute Gasteiger partial charge is 0.0180 e. The summed E-state index contributed by atoms with van der Waals surface area (Å²) in [5.74, 6) is 2.02. The molecule has 0 rings (SSSR count). The van der Waals surface area contributed by atoms with Crippen molar-refractivity contribution in [3.05, 3.63) is 0 Å². The third-order valence-corrected chi connectivity index (χ3v) is 3.67. The fraction of sp³-hybridized carbons (Fsp3) is 1.00. The molecule has 0 saturated carbocycles. The zero-order valence-electron chi connectivity index (χ0n) is 10.8. The first-order chi connectivity index (χ1) is 7.15. The number of thioether (sulfide) groups is 1. The Morgan fingerprint density at radius 1 is 1.40 bits per heavy atom. The van der Waals surface area contributed by atoms with Crippen LogP contribution in [0.4, 0.5) is 0 Å². The third kappa shape index (κ3) is 7.20. The minimum Gasteiger partial charge on any atom is -0.330 e. The molecule has 0 radical (unpaired) electrons. The summed E-state index contributed by atoms with van der Waals surface area (Å²) >= 11 is 1.95. The molecule has 0 aliphatic rings. The van der Waals surface area contributed by atoms with Crippen molar-refractivity contribution in [2.45, 2.75) is 39.2 Å². The summed E-state index contributed by atoms with van der Waals surface area (Å²) < 4.78 is 0. The van der Waals surface area contributed by atoms with Gasteiger partial charge in [-0.15, -0.1) is 0 Å². The SMILES string of the molecule is CCC(CSC)N(C)CC(C)CCCN. The van der Waals surface area contributed by atoms with Crippen LogP contribution in [0, 0.1) is 5.92 Å². The van der Waals surface area contributed by atoms with Gasteiger partial charge in [0, 0.05) is 18.3 Å². The first kappa shape index (κ1) is 15.3. The largest absolute Gasteiger partial charge is 0.330 e. The highest BCUT2D eigenvalue weighted by molar-refractivity contribution is 7.98. The van der Waals surface area contributed by atoms with Crippen LogP contribution in [-0.2, 0) is 0 Å². The molecule has 0 aliphatic carbocycles. The van der Waals surface area contributed by atoms with E-state index in [0.717, 1.165) is 24.9 Å². The lowest BCUT2D eigenvalue weighted by Crippen LogP contribution is -2.36. The van der Waals surface area contributed by atoms with Crippen molar-refractivity contribution in [1.82, 2.24) is 4.90 Å². The van der Waals surface area contributed by atoms with Gasteiger partial charge in [0.15, 0.2) is 0 Å². The Balaban J connectivity index is 3.81. The maximum absolute atomic E-state index is 5.52. The van der Waals surface area contributed by atoms with Crippen molar-refractivity contribution in [3.63, 3.8) is 0 Å². The molecule has 0 bridgehead atoms. The van der Waals surface area contributed by atoms with E-state index < -0.39 is 0 Å². The fourth-order valence-corrected chi connectivity index (χ4v) is 2.82. The molecule has 0 amide bonds. The van der Waals surface area contributed by atoms with Gasteiger partial charge in [-0.05, 0) is 45.0 Å². The number of hydrogen-bond donors (Lipinski definition) is 1. The van der Waals surface area contributed by atoms with Crippen LogP contribution in [0.15, 0.2) is 0 Å².